The Balaban J connectivity index is 1.47. The fraction of sp³-hybridized carbons (Fsp3) is 0.455. The minimum Gasteiger partial charge on any atom is -0.335 e. The van der Waals surface area contributed by atoms with Gasteiger partial charge in [0.1, 0.15) is 0 Å². The van der Waals surface area contributed by atoms with E-state index in [-0.39, 0.29) is 11.8 Å². The molecule has 27 heavy (non-hydrogen) atoms. The number of likely N-dealkylation sites (tertiary alicyclic amines) is 1. The van der Waals surface area contributed by atoms with E-state index in [9.17, 15) is 9.59 Å². The van der Waals surface area contributed by atoms with Gasteiger partial charge in [0.15, 0.2) is 0 Å². The Morgan fingerprint density at radius 1 is 1.00 bits per heavy atom. The van der Waals surface area contributed by atoms with Gasteiger partial charge in [-0.25, -0.2) is 0 Å². The second-order valence-corrected chi connectivity index (χ2v) is 8.57. The van der Waals surface area contributed by atoms with E-state index >= 15 is 0 Å². The van der Waals surface area contributed by atoms with E-state index < -0.39 is 0 Å². The van der Waals surface area contributed by atoms with Crippen molar-refractivity contribution in [1.29, 1.82) is 0 Å². The van der Waals surface area contributed by atoms with Crippen LogP contribution in [0.5, 0.6) is 0 Å². The standard InChI is InChI=1S/C22H26N2O2S/c25-21(20-12-6-14-27-20)23-18-10-4-9-17(15-18)22(26)24-13-5-11-19(24)16-7-2-1-3-8-16/h4,6,9-10,12,14-16,19H,1-3,5,7-8,11,13H2,(H,23,25). The van der Waals surface area contributed by atoms with Crippen molar-refractivity contribution in [3.8, 4) is 0 Å². The molecule has 1 aliphatic heterocycles. The number of hydrogen-bond donors (Lipinski definition) is 1. The molecule has 1 saturated carbocycles. The van der Waals surface area contributed by atoms with Crippen molar-refractivity contribution >= 4 is 28.8 Å². The third-order valence-corrected chi connectivity index (χ3v) is 6.74. The monoisotopic (exact) mass is 382 g/mol. The summed E-state index contributed by atoms with van der Waals surface area (Å²) in [6.45, 7) is 0.853. The molecule has 0 bridgehead atoms. The smallest absolute Gasteiger partial charge is 0.265 e. The van der Waals surface area contributed by atoms with E-state index in [0.29, 0.717) is 28.1 Å². The minimum atomic E-state index is -0.129. The van der Waals surface area contributed by atoms with Crippen molar-refractivity contribution in [3.63, 3.8) is 0 Å². The summed E-state index contributed by atoms with van der Waals surface area (Å²) >= 11 is 1.41. The molecule has 2 heterocycles. The van der Waals surface area contributed by atoms with Crippen LogP contribution in [0.3, 0.4) is 0 Å². The van der Waals surface area contributed by atoms with E-state index in [1.165, 1.54) is 43.4 Å². The number of amides is 2. The van der Waals surface area contributed by atoms with Crippen LogP contribution >= 0.6 is 11.3 Å². The van der Waals surface area contributed by atoms with E-state index in [0.717, 1.165) is 19.4 Å². The van der Waals surface area contributed by atoms with E-state index in [2.05, 4.69) is 10.2 Å². The summed E-state index contributed by atoms with van der Waals surface area (Å²) in [5.41, 5.74) is 1.34. The minimum absolute atomic E-state index is 0.107. The van der Waals surface area contributed by atoms with Gasteiger partial charge < -0.3 is 10.2 Å². The quantitative estimate of drug-likeness (QED) is 0.791. The van der Waals surface area contributed by atoms with Crippen LogP contribution in [0.25, 0.3) is 0 Å². The lowest BCUT2D eigenvalue weighted by Crippen LogP contribution is -2.40. The van der Waals surface area contributed by atoms with Crippen molar-refractivity contribution in [3.05, 3.63) is 52.2 Å². The highest BCUT2D eigenvalue weighted by atomic mass is 32.1. The van der Waals surface area contributed by atoms with Gasteiger partial charge in [0.25, 0.3) is 11.8 Å². The fourth-order valence-electron chi connectivity index (χ4n) is 4.55. The Hall–Kier alpha value is -2.14. The molecule has 0 radical (unpaired) electrons. The normalized spacial score (nSPS) is 20.6. The van der Waals surface area contributed by atoms with Gasteiger partial charge in [-0.1, -0.05) is 31.4 Å². The van der Waals surface area contributed by atoms with Gasteiger partial charge >= 0.3 is 0 Å². The van der Waals surface area contributed by atoms with Crippen molar-refractivity contribution in [1.82, 2.24) is 4.90 Å². The summed E-state index contributed by atoms with van der Waals surface area (Å²) in [7, 11) is 0. The summed E-state index contributed by atoms with van der Waals surface area (Å²) in [5, 5.41) is 4.79. The molecule has 2 aromatic rings. The van der Waals surface area contributed by atoms with Crippen molar-refractivity contribution in [2.45, 2.75) is 51.0 Å². The number of rotatable bonds is 4. The maximum absolute atomic E-state index is 13.2. The van der Waals surface area contributed by atoms with Gasteiger partial charge in [-0.2, -0.15) is 0 Å². The maximum Gasteiger partial charge on any atom is 0.265 e. The number of thiophene rings is 1. The first-order valence-corrected chi connectivity index (χ1v) is 10.9. The van der Waals surface area contributed by atoms with Gasteiger partial charge in [-0.3, -0.25) is 9.59 Å². The van der Waals surface area contributed by atoms with Crippen LogP contribution in [-0.4, -0.2) is 29.3 Å². The fourth-order valence-corrected chi connectivity index (χ4v) is 5.17. The average Bonchev–Trinajstić information content (AvgIpc) is 3.40. The first kappa shape index (κ1) is 18.2. The predicted octanol–water partition coefficient (Wildman–Crippen LogP) is 5.19. The molecule has 1 aromatic heterocycles. The first-order chi connectivity index (χ1) is 13.2. The third kappa shape index (κ3) is 4.08. The lowest BCUT2D eigenvalue weighted by atomic mass is 9.83. The highest BCUT2D eigenvalue weighted by molar-refractivity contribution is 7.12. The van der Waals surface area contributed by atoms with E-state index in [1.807, 2.05) is 35.7 Å². The Labute approximate surface area is 164 Å². The molecule has 0 spiro atoms. The second kappa shape index (κ2) is 8.26. The molecular weight excluding hydrogens is 356 g/mol. The van der Waals surface area contributed by atoms with Gasteiger partial charge in [0.05, 0.1) is 4.88 Å². The zero-order valence-corrected chi connectivity index (χ0v) is 16.3. The average molecular weight is 383 g/mol. The number of carbonyl (C=O) groups excluding carboxylic acids is 2. The third-order valence-electron chi connectivity index (χ3n) is 5.87. The highest BCUT2D eigenvalue weighted by Gasteiger charge is 2.35. The molecule has 1 N–H and O–H groups in total. The Morgan fingerprint density at radius 2 is 1.85 bits per heavy atom. The first-order valence-electron chi connectivity index (χ1n) is 9.98. The summed E-state index contributed by atoms with van der Waals surface area (Å²) in [6.07, 6.45) is 8.67. The van der Waals surface area contributed by atoms with Gasteiger partial charge in [0, 0.05) is 23.8 Å². The molecule has 2 aliphatic rings. The van der Waals surface area contributed by atoms with Crippen LogP contribution in [-0.2, 0) is 0 Å². The lowest BCUT2D eigenvalue weighted by Gasteiger charge is -2.34. The summed E-state index contributed by atoms with van der Waals surface area (Å²) in [5.74, 6) is 0.637. The topological polar surface area (TPSA) is 49.4 Å². The predicted molar refractivity (Wildman–Crippen MR) is 109 cm³/mol. The van der Waals surface area contributed by atoms with Crippen LogP contribution < -0.4 is 5.32 Å². The molecule has 1 atom stereocenters. The second-order valence-electron chi connectivity index (χ2n) is 7.62. The summed E-state index contributed by atoms with van der Waals surface area (Å²) in [4.78, 5) is 28.2. The van der Waals surface area contributed by atoms with Gasteiger partial charge in [-0.15, -0.1) is 11.3 Å². The van der Waals surface area contributed by atoms with Crippen LogP contribution in [0.15, 0.2) is 41.8 Å². The Bertz CT molecular complexity index is 796. The molecule has 1 aromatic carbocycles. The Kier molecular flexibility index (Phi) is 5.58. The van der Waals surface area contributed by atoms with Crippen LogP contribution in [0.4, 0.5) is 5.69 Å². The van der Waals surface area contributed by atoms with Gasteiger partial charge in [0.2, 0.25) is 0 Å². The summed E-state index contributed by atoms with van der Waals surface area (Å²) in [6, 6.07) is 11.4. The molecule has 5 heteroatoms. The highest BCUT2D eigenvalue weighted by Crippen LogP contribution is 2.35. The molecule has 4 rings (SSSR count). The Morgan fingerprint density at radius 3 is 2.63 bits per heavy atom. The molecule has 4 nitrogen and oxygen atoms in total. The van der Waals surface area contributed by atoms with E-state index in [4.69, 9.17) is 0 Å². The molecular formula is C22H26N2O2S. The van der Waals surface area contributed by atoms with Crippen LogP contribution in [0.2, 0.25) is 0 Å². The number of benzene rings is 1. The maximum atomic E-state index is 13.2. The largest absolute Gasteiger partial charge is 0.335 e. The van der Waals surface area contributed by atoms with E-state index in [1.54, 1.807) is 6.07 Å². The van der Waals surface area contributed by atoms with Crippen molar-refractivity contribution in [2.24, 2.45) is 5.92 Å². The lowest BCUT2D eigenvalue weighted by molar-refractivity contribution is 0.0661. The van der Waals surface area contributed by atoms with Gasteiger partial charge in [-0.05, 0) is 61.2 Å². The number of hydrogen-bond acceptors (Lipinski definition) is 3. The molecule has 1 saturated heterocycles. The number of nitrogens with one attached hydrogen (secondary N) is 1. The molecule has 1 unspecified atom stereocenters. The number of anilines is 1. The van der Waals surface area contributed by atoms with Crippen LogP contribution in [0.1, 0.15) is 65.0 Å². The zero-order valence-electron chi connectivity index (χ0n) is 15.5. The van der Waals surface area contributed by atoms with Crippen molar-refractivity contribution in [2.75, 3.05) is 11.9 Å². The summed E-state index contributed by atoms with van der Waals surface area (Å²) < 4.78 is 0. The number of nitrogens with zero attached hydrogens (tertiary/aromatic N) is 1. The molecule has 2 fully saturated rings. The number of carbonyl (C=O) groups is 2. The molecule has 2 amide bonds. The van der Waals surface area contributed by atoms with Crippen LogP contribution in [0, 0.1) is 5.92 Å². The SMILES string of the molecule is O=C(Nc1cccc(C(=O)N2CCCC2C2CCCCC2)c1)c1cccs1. The molecule has 1 aliphatic carbocycles. The molecule has 142 valence electrons. The van der Waals surface area contributed by atoms with Crippen molar-refractivity contribution < 1.29 is 9.59 Å². The zero-order chi connectivity index (χ0) is 18.6.